The second-order valence-corrected chi connectivity index (χ2v) is 4.95. The zero-order valence-electron chi connectivity index (χ0n) is 9.63. The van der Waals surface area contributed by atoms with Crippen LogP contribution in [0.15, 0.2) is 0 Å². The molecule has 14 heavy (non-hydrogen) atoms. The van der Waals surface area contributed by atoms with Gasteiger partial charge in [-0.1, -0.05) is 13.8 Å². The molecule has 0 aromatic heterocycles. The van der Waals surface area contributed by atoms with E-state index in [1.807, 2.05) is 0 Å². The van der Waals surface area contributed by atoms with Crippen LogP contribution in [-0.2, 0) is 0 Å². The van der Waals surface area contributed by atoms with Gasteiger partial charge in [0.2, 0.25) is 0 Å². The Labute approximate surface area is 88.1 Å². The number of hydrogen-bond donors (Lipinski definition) is 2. The summed E-state index contributed by atoms with van der Waals surface area (Å²) in [4.78, 5) is 0. The molecule has 1 fully saturated rings. The molecule has 1 saturated carbocycles. The molecule has 0 bridgehead atoms. The van der Waals surface area contributed by atoms with Gasteiger partial charge in [0.05, 0.1) is 6.61 Å². The van der Waals surface area contributed by atoms with E-state index in [2.05, 4.69) is 19.2 Å². The zero-order valence-corrected chi connectivity index (χ0v) is 9.63. The summed E-state index contributed by atoms with van der Waals surface area (Å²) in [5.41, 5.74) is 0. The van der Waals surface area contributed by atoms with Gasteiger partial charge < -0.3 is 10.4 Å². The van der Waals surface area contributed by atoms with E-state index in [4.69, 9.17) is 5.11 Å². The third kappa shape index (κ3) is 3.97. The van der Waals surface area contributed by atoms with Gasteiger partial charge in [-0.15, -0.1) is 0 Å². The van der Waals surface area contributed by atoms with E-state index in [1.165, 1.54) is 25.7 Å². The molecule has 0 spiro atoms. The Hall–Kier alpha value is -0.0800. The molecule has 0 heterocycles. The maximum Gasteiger partial charge on any atom is 0.0555 e. The maximum atomic E-state index is 8.65. The fourth-order valence-corrected chi connectivity index (χ4v) is 2.44. The average Bonchev–Trinajstić information content (AvgIpc) is 2.19. The van der Waals surface area contributed by atoms with Crippen molar-refractivity contribution in [3.63, 3.8) is 0 Å². The predicted molar refractivity (Wildman–Crippen MR) is 60.2 cm³/mol. The SMILES string of the molecule is CC(C)C1CCC(CNCCO)CC1. The number of aliphatic hydroxyl groups excluding tert-OH is 1. The summed E-state index contributed by atoms with van der Waals surface area (Å²) >= 11 is 0. The van der Waals surface area contributed by atoms with E-state index in [1.54, 1.807) is 0 Å². The highest BCUT2D eigenvalue weighted by Gasteiger charge is 2.22. The largest absolute Gasteiger partial charge is 0.395 e. The Balaban J connectivity index is 2.09. The fraction of sp³-hybridized carbons (Fsp3) is 1.00. The summed E-state index contributed by atoms with van der Waals surface area (Å²) in [7, 11) is 0. The van der Waals surface area contributed by atoms with Crippen LogP contribution >= 0.6 is 0 Å². The van der Waals surface area contributed by atoms with Gasteiger partial charge in [-0.25, -0.2) is 0 Å². The maximum absolute atomic E-state index is 8.65. The lowest BCUT2D eigenvalue weighted by Crippen LogP contribution is -2.29. The normalized spacial score (nSPS) is 28.3. The van der Waals surface area contributed by atoms with Crippen LogP contribution in [0, 0.1) is 17.8 Å². The summed E-state index contributed by atoms with van der Waals surface area (Å²) in [6, 6.07) is 0. The molecule has 0 unspecified atom stereocenters. The first-order valence-corrected chi connectivity index (χ1v) is 6.05. The van der Waals surface area contributed by atoms with Gasteiger partial charge >= 0.3 is 0 Å². The molecule has 0 atom stereocenters. The first-order chi connectivity index (χ1) is 6.74. The average molecular weight is 199 g/mol. The van der Waals surface area contributed by atoms with Crippen LogP contribution in [0.25, 0.3) is 0 Å². The van der Waals surface area contributed by atoms with Crippen molar-refractivity contribution in [2.75, 3.05) is 19.7 Å². The van der Waals surface area contributed by atoms with Crippen molar-refractivity contribution in [3.05, 3.63) is 0 Å². The molecule has 2 heteroatoms. The van der Waals surface area contributed by atoms with Crippen molar-refractivity contribution in [2.24, 2.45) is 17.8 Å². The highest BCUT2D eigenvalue weighted by molar-refractivity contribution is 4.75. The van der Waals surface area contributed by atoms with Crippen LogP contribution in [0.4, 0.5) is 0 Å². The molecule has 0 aliphatic heterocycles. The summed E-state index contributed by atoms with van der Waals surface area (Å²) < 4.78 is 0. The molecule has 0 aromatic carbocycles. The van der Waals surface area contributed by atoms with Crippen LogP contribution in [0.2, 0.25) is 0 Å². The Morgan fingerprint density at radius 3 is 2.36 bits per heavy atom. The number of nitrogens with one attached hydrogen (secondary N) is 1. The standard InChI is InChI=1S/C12H25NO/c1-10(2)12-5-3-11(4-6-12)9-13-7-8-14/h10-14H,3-9H2,1-2H3. The molecule has 0 amide bonds. The lowest BCUT2D eigenvalue weighted by molar-refractivity contribution is 0.216. The van der Waals surface area contributed by atoms with E-state index in [9.17, 15) is 0 Å². The molecule has 84 valence electrons. The minimum atomic E-state index is 0.265. The fourth-order valence-electron chi connectivity index (χ4n) is 2.44. The first-order valence-electron chi connectivity index (χ1n) is 6.05. The van der Waals surface area contributed by atoms with Crippen LogP contribution in [0.5, 0.6) is 0 Å². The van der Waals surface area contributed by atoms with Crippen LogP contribution in [-0.4, -0.2) is 24.8 Å². The third-order valence-electron chi connectivity index (χ3n) is 3.56. The van der Waals surface area contributed by atoms with Crippen LogP contribution in [0.3, 0.4) is 0 Å². The summed E-state index contributed by atoms with van der Waals surface area (Å²) in [6.07, 6.45) is 5.56. The minimum Gasteiger partial charge on any atom is -0.395 e. The number of aliphatic hydroxyl groups is 1. The molecule has 0 saturated heterocycles. The highest BCUT2D eigenvalue weighted by Crippen LogP contribution is 2.32. The zero-order chi connectivity index (χ0) is 10.4. The molecule has 0 aromatic rings. The van der Waals surface area contributed by atoms with E-state index in [-0.39, 0.29) is 6.61 Å². The van der Waals surface area contributed by atoms with Crippen LogP contribution in [0.1, 0.15) is 39.5 Å². The number of hydrogen-bond acceptors (Lipinski definition) is 2. The van der Waals surface area contributed by atoms with E-state index < -0.39 is 0 Å². The Bertz CT molecular complexity index is 139. The highest BCUT2D eigenvalue weighted by atomic mass is 16.3. The van der Waals surface area contributed by atoms with Crippen LogP contribution < -0.4 is 5.32 Å². The molecular weight excluding hydrogens is 174 g/mol. The topological polar surface area (TPSA) is 32.3 Å². The third-order valence-corrected chi connectivity index (χ3v) is 3.56. The minimum absolute atomic E-state index is 0.265. The van der Waals surface area contributed by atoms with Crippen molar-refractivity contribution in [3.8, 4) is 0 Å². The van der Waals surface area contributed by atoms with Crippen molar-refractivity contribution < 1.29 is 5.11 Å². The Morgan fingerprint density at radius 2 is 1.86 bits per heavy atom. The van der Waals surface area contributed by atoms with Crippen molar-refractivity contribution in [1.82, 2.24) is 5.32 Å². The summed E-state index contributed by atoms with van der Waals surface area (Å²) in [5, 5.41) is 11.9. The molecule has 2 nitrogen and oxygen atoms in total. The summed E-state index contributed by atoms with van der Waals surface area (Å²) in [6.45, 7) is 6.81. The summed E-state index contributed by atoms with van der Waals surface area (Å²) in [5.74, 6) is 2.68. The van der Waals surface area contributed by atoms with Crippen molar-refractivity contribution >= 4 is 0 Å². The van der Waals surface area contributed by atoms with Gasteiger partial charge in [0.15, 0.2) is 0 Å². The monoisotopic (exact) mass is 199 g/mol. The molecule has 1 rings (SSSR count). The smallest absolute Gasteiger partial charge is 0.0555 e. The van der Waals surface area contributed by atoms with Crippen molar-refractivity contribution in [1.29, 1.82) is 0 Å². The van der Waals surface area contributed by atoms with Gasteiger partial charge in [0.1, 0.15) is 0 Å². The van der Waals surface area contributed by atoms with Gasteiger partial charge in [0.25, 0.3) is 0 Å². The predicted octanol–water partition coefficient (Wildman–Crippen LogP) is 2.03. The van der Waals surface area contributed by atoms with Gasteiger partial charge in [-0.3, -0.25) is 0 Å². The molecule has 2 N–H and O–H groups in total. The molecule has 1 aliphatic carbocycles. The first kappa shape index (κ1) is 12.0. The number of rotatable bonds is 5. The lowest BCUT2D eigenvalue weighted by Gasteiger charge is -2.30. The van der Waals surface area contributed by atoms with E-state index in [0.29, 0.717) is 0 Å². The second-order valence-electron chi connectivity index (χ2n) is 4.95. The van der Waals surface area contributed by atoms with E-state index in [0.717, 1.165) is 30.8 Å². The Kier molecular flexibility index (Phi) is 5.49. The van der Waals surface area contributed by atoms with Gasteiger partial charge in [-0.05, 0) is 50.0 Å². The van der Waals surface area contributed by atoms with Gasteiger partial charge in [0, 0.05) is 6.54 Å². The van der Waals surface area contributed by atoms with Gasteiger partial charge in [-0.2, -0.15) is 0 Å². The molecule has 0 radical (unpaired) electrons. The second kappa shape index (κ2) is 6.41. The Morgan fingerprint density at radius 1 is 1.21 bits per heavy atom. The van der Waals surface area contributed by atoms with E-state index >= 15 is 0 Å². The van der Waals surface area contributed by atoms with Crippen molar-refractivity contribution in [2.45, 2.75) is 39.5 Å². The molecule has 1 aliphatic rings. The lowest BCUT2D eigenvalue weighted by atomic mass is 9.77. The quantitative estimate of drug-likeness (QED) is 0.664. The molecular formula is C12H25NO.